The van der Waals surface area contributed by atoms with E-state index < -0.39 is 20.0 Å². The van der Waals surface area contributed by atoms with Crippen LogP contribution in [0.25, 0.3) is 0 Å². The fourth-order valence-electron chi connectivity index (χ4n) is 7.91. The van der Waals surface area contributed by atoms with Crippen LogP contribution in [0.4, 0.5) is 0 Å². The van der Waals surface area contributed by atoms with Crippen LogP contribution < -0.4 is 10.2 Å². The molecule has 386 valence electrons. The van der Waals surface area contributed by atoms with Gasteiger partial charge in [-0.15, -0.1) is 0 Å². The van der Waals surface area contributed by atoms with Crippen molar-refractivity contribution in [3.63, 3.8) is 0 Å². The number of phosphoric acid groups is 1. The van der Waals surface area contributed by atoms with Gasteiger partial charge in [0.2, 0.25) is 5.91 Å². The molecule has 0 heterocycles. The van der Waals surface area contributed by atoms with Crippen molar-refractivity contribution in [2.75, 3.05) is 40.9 Å². The summed E-state index contributed by atoms with van der Waals surface area (Å²) in [6, 6.07) is -0.883. The maximum absolute atomic E-state index is 12.9. The van der Waals surface area contributed by atoms with Gasteiger partial charge in [0.1, 0.15) is 13.2 Å². The predicted octanol–water partition coefficient (Wildman–Crippen LogP) is 15.9. The molecule has 8 nitrogen and oxygen atoms in total. The summed E-state index contributed by atoms with van der Waals surface area (Å²) >= 11 is 0. The van der Waals surface area contributed by atoms with Crippen LogP contribution in [-0.4, -0.2) is 68.5 Å². The van der Waals surface area contributed by atoms with Gasteiger partial charge in [-0.2, -0.15) is 0 Å². The quantitative estimate of drug-likeness (QED) is 0.0272. The molecule has 9 heteroatoms. The van der Waals surface area contributed by atoms with Gasteiger partial charge < -0.3 is 28.8 Å². The number of hydrogen-bond acceptors (Lipinski definition) is 6. The third-order valence-corrected chi connectivity index (χ3v) is 13.2. The third-order valence-electron chi connectivity index (χ3n) is 12.2. The monoisotopic (exact) mass is 947 g/mol. The Morgan fingerprint density at radius 1 is 0.545 bits per heavy atom. The second-order valence-corrected chi connectivity index (χ2v) is 21.3. The molecule has 0 aromatic carbocycles. The van der Waals surface area contributed by atoms with Gasteiger partial charge >= 0.3 is 0 Å². The SMILES string of the molecule is CC/C=C\C/C=C\C/C=C\C/C=C\CCCCCCCCCCCCCCCCCCCCCCCCC(=O)NC(COP(=O)([O-])OCC[N+](C)(C)C)C(O)/C=C/CCCCCCCCC. The minimum atomic E-state index is -4.58. The first-order chi connectivity index (χ1) is 32.0. The molecule has 0 aliphatic heterocycles. The standard InChI is InChI=1S/C57H107N2O6P/c1-6-8-10-12-14-16-17-18-19-20-21-22-23-24-25-26-27-28-29-30-31-32-33-34-35-36-37-38-39-40-41-43-45-47-49-51-57(61)58-55(54-65-66(62,63)64-53-52-59(3,4)5)56(60)50-48-46-44-42-15-13-11-9-7-2/h8,10,14,16,18-19,21-22,48,50,55-56,60H,6-7,9,11-13,15,17,20,23-47,49,51-54H2,1-5H3,(H-,58,61,62,63)/b10-8-,16-14-,19-18-,22-21-,50-48+. The number of allylic oxidation sites excluding steroid dienone is 9. The van der Waals surface area contributed by atoms with Gasteiger partial charge in [-0.25, -0.2) is 0 Å². The number of rotatable bonds is 50. The highest BCUT2D eigenvalue weighted by atomic mass is 31.2. The molecule has 0 aliphatic rings. The number of aliphatic hydroxyl groups excluding tert-OH is 1. The Morgan fingerprint density at radius 2 is 0.924 bits per heavy atom. The number of hydrogen-bond donors (Lipinski definition) is 2. The van der Waals surface area contributed by atoms with Gasteiger partial charge in [-0.3, -0.25) is 9.36 Å². The van der Waals surface area contributed by atoms with Crippen LogP contribution in [-0.2, 0) is 18.4 Å². The number of nitrogens with one attached hydrogen (secondary N) is 1. The lowest BCUT2D eigenvalue weighted by atomic mass is 10.0. The molecule has 3 unspecified atom stereocenters. The molecule has 0 saturated carbocycles. The van der Waals surface area contributed by atoms with E-state index in [0.717, 1.165) is 64.2 Å². The Kier molecular flexibility index (Phi) is 46.9. The number of carbonyl (C=O) groups excluding carboxylic acids is 1. The molecule has 0 spiro atoms. The largest absolute Gasteiger partial charge is 0.756 e. The van der Waals surface area contributed by atoms with Gasteiger partial charge in [0.25, 0.3) is 7.82 Å². The molecule has 0 radical (unpaired) electrons. The number of aliphatic hydroxyl groups is 1. The molecule has 0 aromatic rings. The lowest BCUT2D eigenvalue weighted by Crippen LogP contribution is -2.45. The molecule has 0 rings (SSSR count). The van der Waals surface area contributed by atoms with Crippen molar-refractivity contribution in [3.8, 4) is 0 Å². The van der Waals surface area contributed by atoms with Crippen LogP contribution in [0.3, 0.4) is 0 Å². The molecule has 0 aromatic heterocycles. The summed E-state index contributed by atoms with van der Waals surface area (Å²) < 4.78 is 23.2. The van der Waals surface area contributed by atoms with Crippen LogP contribution in [0, 0.1) is 0 Å². The highest BCUT2D eigenvalue weighted by Crippen LogP contribution is 2.38. The van der Waals surface area contributed by atoms with Crippen LogP contribution in [0.1, 0.15) is 245 Å². The molecule has 0 aliphatic carbocycles. The highest BCUT2D eigenvalue weighted by Gasteiger charge is 2.23. The molecule has 2 N–H and O–H groups in total. The Labute approximate surface area is 409 Å². The van der Waals surface area contributed by atoms with Crippen molar-refractivity contribution in [1.82, 2.24) is 5.32 Å². The van der Waals surface area contributed by atoms with Gasteiger partial charge in [-0.1, -0.05) is 242 Å². The maximum atomic E-state index is 12.9. The molecule has 0 fully saturated rings. The summed E-state index contributed by atoms with van der Waals surface area (Å²) in [6.07, 6.45) is 64.7. The summed E-state index contributed by atoms with van der Waals surface area (Å²) in [5.41, 5.74) is 0. The lowest BCUT2D eigenvalue weighted by Gasteiger charge is -2.29. The normalized spacial score (nSPS) is 14.5. The van der Waals surface area contributed by atoms with Crippen molar-refractivity contribution in [1.29, 1.82) is 0 Å². The minimum Gasteiger partial charge on any atom is -0.756 e. The zero-order valence-corrected chi connectivity index (χ0v) is 44.8. The van der Waals surface area contributed by atoms with Crippen LogP contribution in [0.15, 0.2) is 60.8 Å². The summed E-state index contributed by atoms with van der Waals surface area (Å²) in [7, 11) is 1.26. The topological polar surface area (TPSA) is 108 Å². The van der Waals surface area contributed by atoms with Crippen molar-refractivity contribution >= 4 is 13.7 Å². The number of amides is 1. The molecule has 1 amide bonds. The molecule has 0 saturated heterocycles. The lowest BCUT2D eigenvalue weighted by molar-refractivity contribution is -0.870. The van der Waals surface area contributed by atoms with Crippen LogP contribution >= 0.6 is 7.82 Å². The van der Waals surface area contributed by atoms with E-state index in [-0.39, 0.29) is 19.1 Å². The number of likely N-dealkylation sites (N-methyl/N-ethyl adjacent to an activating group) is 1. The number of quaternary nitrogens is 1. The van der Waals surface area contributed by atoms with Gasteiger partial charge in [0.15, 0.2) is 0 Å². The Morgan fingerprint density at radius 3 is 1.35 bits per heavy atom. The molecule has 3 atom stereocenters. The van der Waals surface area contributed by atoms with Gasteiger partial charge in [0.05, 0.1) is 39.9 Å². The smallest absolute Gasteiger partial charge is 0.268 e. The molecule has 0 bridgehead atoms. The van der Waals surface area contributed by atoms with E-state index in [4.69, 9.17) is 9.05 Å². The van der Waals surface area contributed by atoms with E-state index in [2.05, 4.69) is 67.8 Å². The summed E-state index contributed by atoms with van der Waals surface area (Å²) in [6.45, 7) is 4.51. The van der Waals surface area contributed by atoms with Crippen molar-refractivity contribution in [2.45, 2.75) is 257 Å². The average molecular weight is 947 g/mol. The fourth-order valence-corrected chi connectivity index (χ4v) is 8.63. The summed E-state index contributed by atoms with van der Waals surface area (Å²) in [4.78, 5) is 25.3. The average Bonchev–Trinajstić information content (AvgIpc) is 3.28. The van der Waals surface area contributed by atoms with E-state index in [1.54, 1.807) is 6.08 Å². The Hall–Kier alpha value is -1.80. The van der Waals surface area contributed by atoms with Crippen LogP contribution in [0.5, 0.6) is 0 Å². The zero-order valence-electron chi connectivity index (χ0n) is 43.9. The fraction of sp³-hybridized carbons (Fsp3) is 0.807. The molecular formula is C57H107N2O6P. The first-order valence-corrected chi connectivity index (χ1v) is 29.1. The van der Waals surface area contributed by atoms with Gasteiger partial charge in [0, 0.05) is 6.42 Å². The van der Waals surface area contributed by atoms with E-state index >= 15 is 0 Å². The van der Waals surface area contributed by atoms with Gasteiger partial charge in [-0.05, 0) is 57.8 Å². The zero-order chi connectivity index (χ0) is 48.5. The van der Waals surface area contributed by atoms with Crippen molar-refractivity contribution < 1.29 is 32.9 Å². The Bertz CT molecular complexity index is 1260. The van der Waals surface area contributed by atoms with E-state index in [0.29, 0.717) is 17.4 Å². The van der Waals surface area contributed by atoms with E-state index in [1.165, 1.54) is 161 Å². The number of unbranched alkanes of at least 4 members (excludes halogenated alkanes) is 29. The molecule has 66 heavy (non-hydrogen) atoms. The second kappa shape index (κ2) is 48.2. The van der Waals surface area contributed by atoms with Crippen LogP contribution in [0.2, 0.25) is 0 Å². The number of phosphoric ester groups is 1. The first kappa shape index (κ1) is 64.2. The Balaban J connectivity index is 3.89. The van der Waals surface area contributed by atoms with Crippen molar-refractivity contribution in [2.24, 2.45) is 0 Å². The predicted molar refractivity (Wildman–Crippen MR) is 284 cm³/mol. The minimum absolute atomic E-state index is 0.000898. The summed E-state index contributed by atoms with van der Waals surface area (Å²) in [5.74, 6) is -0.198. The first-order valence-electron chi connectivity index (χ1n) is 27.7. The number of carbonyl (C=O) groups is 1. The van der Waals surface area contributed by atoms with Crippen molar-refractivity contribution in [3.05, 3.63) is 60.8 Å². The van der Waals surface area contributed by atoms with E-state index in [1.807, 2.05) is 27.2 Å². The maximum Gasteiger partial charge on any atom is 0.268 e. The third kappa shape index (κ3) is 50.1. The summed E-state index contributed by atoms with van der Waals surface area (Å²) in [5, 5.41) is 13.8. The second-order valence-electron chi connectivity index (χ2n) is 19.9. The van der Waals surface area contributed by atoms with E-state index in [9.17, 15) is 19.4 Å². The highest BCUT2D eigenvalue weighted by molar-refractivity contribution is 7.45. The molecular weight excluding hydrogens is 840 g/mol. The number of nitrogens with zero attached hydrogens (tertiary/aromatic N) is 1.